The zero-order chi connectivity index (χ0) is 44.8. The van der Waals surface area contributed by atoms with E-state index < -0.39 is 6.10 Å². The van der Waals surface area contributed by atoms with Gasteiger partial charge in [0.2, 0.25) is 0 Å². The number of rotatable bonds is 53. The molecule has 0 aromatic carbocycles. The predicted octanol–water partition coefficient (Wildman–Crippen LogP) is 19.2. The van der Waals surface area contributed by atoms with E-state index in [0.717, 1.165) is 32.1 Å². The minimum absolute atomic E-state index is 0.169. The number of aliphatic hydroxyl groups excluding tert-OH is 1. The van der Waals surface area contributed by atoms with Crippen molar-refractivity contribution in [3.05, 3.63) is 36.5 Å². The molecule has 4 heteroatoms. The molecule has 0 heterocycles. The molecule has 1 N–H and O–H groups in total. The lowest BCUT2D eigenvalue weighted by Crippen LogP contribution is -2.27. The van der Waals surface area contributed by atoms with E-state index in [4.69, 9.17) is 9.47 Å². The lowest BCUT2D eigenvalue weighted by molar-refractivity contribution is -0.154. The zero-order valence-corrected chi connectivity index (χ0v) is 42.2. The van der Waals surface area contributed by atoms with Crippen LogP contribution in [0.5, 0.6) is 0 Å². The van der Waals surface area contributed by atoms with Crippen molar-refractivity contribution in [2.24, 2.45) is 0 Å². The highest BCUT2D eigenvalue weighted by molar-refractivity contribution is 5.69. The zero-order valence-electron chi connectivity index (χ0n) is 42.2. The molecule has 0 saturated heterocycles. The number of hydrogen-bond acceptors (Lipinski definition) is 4. The van der Waals surface area contributed by atoms with Crippen molar-refractivity contribution >= 4 is 5.97 Å². The van der Waals surface area contributed by atoms with Crippen LogP contribution in [0.2, 0.25) is 0 Å². The molecular formula is C58H110O4. The summed E-state index contributed by atoms with van der Waals surface area (Å²) >= 11 is 0. The monoisotopic (exact) mass is 871 g/mol. The molecule has 0 aromatic heterocycles. The standard InChI is InChI=1S/C58H110O4/c1-3-5-7-9-11-13-15-17-19-21-23-25-27-29-31-33-35-37-39-41-43-45-47-49-51-53-58(60)62-57(55-59)56-61-54-52-50-48-46-44-42-40-38-36-34-32-30-28-26-24-22-20-18-16-14-12-10-8-6-4-2/h15,17,21,23,27,29,57,59H,3-14,16,18-20,22,24-26,28,30-56H2,1-2H3/b17-15-,23-21-,29-27-. The Bertz CT molecular complexity index is 924. The van der Waals surface area contributed by atoms with Gasteiger partial charge in [-0.05, 0) is 51.4 Å². The highest BCUT2D eigenvalue weighted by Crippen LogP contribution is 2.17. The van der Waals surface area contributed by atoms with E-state index in [1.807, 2.05) is 0 Å². The van der Waals surface area contributed by atoms with E-state index in [0.29, 0.717) is 19.6 Å². The summed E-state index contributed by atoms with van der Waals surface area (Å²) in [5.41, 5.74) is 0. The van der Waals surface area contributed by atoms with Gasteiger partial charge in [-0.1, -0.05) is 281 Å². The molecule has 1 unspecified atom stereocenters. The number of unbranched alkanes of at least 4 members (excludes halogenated alkanes) is 39. The Balaban J connectivity index is 3.37. The highest BCUT2D eigenvalue weighted by Gasteiger charge is 2.13. The van der Waals surface area contributed by atoms with Gasteiger partial charge in [0.1, 0.15) is 6.10 Å². The van der Waals surface area contributed by atoms with Crippen LogP contribution >= 0.6 is 0 Å². The summed E-state index contributed by atoms with van der Waals surface area (Å²) in [5.74, 6) is -0.199. The second-order valence-electron chi connectivity index (χ2n) is 19.0. The summed E-state index contributed by atoms with van der Waals surface area (Å²) in [6.45, 7) is 5.38. The highest BCUT2D eigenvalue weighted by atomic mass is 16.6. The largest absolute Gasteiger partial charge is 0.457 e. The topological polar surface area (TPSA) is 55.8 Å². The number of esters is 1. The Morgan fingerprint density at radius 2 is 0.677 bits per heavy atom. The number of allylic oxidation sites excluding steroid dienone is 6. The molecule has 0 aliphatic carbocycles. The smallest absolute Gasteiger partial charge is 0.306 e. The molecule has 62 heavy (non-hydrogen) atoms. The maximum atomic E-state index is 12.3. The minimum Gasteiger partial charge on any atom is -0.457 e. The van der Waals surface area contributed by atoms with Gasteiger partial charge in [0.15, 0.2) is 0 Å². The Morgan fingerprint density at radius 3 is 1.02 bits per heavy atom. The van der Waals surface area contributed by atoms with Gasteiger partial charge in [-0.2, -0.15) is 0 Å². The van der Waals surface area contributed by atoms with E-state index in [1.54, 1.807) is 0 Å². The Morgan fingerprint density at radius 1 is 0.387 bits per heavy atom. The number of hydrogen-bond donors (Lipinski definition) is 1. The Labute approximate surface area is 389 Å². The van der Waals surface area contributed by atoms with E-state index in [1.165, 1.54) is 250 Å². The first-order valence-electron chi connectivity index (χ1n) is 28.1. The average molecular weight is 872 g/mol. The van der Waals surface area contributed by atoms with Crippen LogP contribution in [0.3, 0.4) is 0 Å². The quantitative estimate of drug-likeness (QED) is 0.0376. The maximum Gasteiger partial charge on any atom is 0.306 e. The molecule has 0 aromatic rings. The molecule has 0 fully saturated rings. The van der Waals surface area contributed by atoms with Crippen molar-refractivity contribution in [2.75, 3.05) is 19.8 Å². The van der Waals surface area contributed by atoms with Crippen molar-refractivity contribution in [2.45, 2.75) is 309 Å². The van der Waals surface area contributed by atoms with Crippen LogP contribution in [0.25, 0.3) is 0 Å². The maximum absolute atomic E-state index is 12.3. The van der Waals surface area contributed by atoms with Crippen LogP contribution in [-0.4, -0.2) is 37.0 Å². The summed E-state index contributed by atoms with van der Waals surface area (Å²) in [7, 11) is 0. The number of aliphatic hydroxyl groups is 1. The van der Waals surface area contributed by atoms with Crippen LogP contribution in [0.15, 0.2) is 36.5 Å². The molecule has 0 aliphatic rings. The predicted molar refractivity (Wildman–Crippen MR) is 274 cm³/mol. The molecule has 0 radical (unpaired) electrons. The van der Waals surface area contributed by atoms with Crippen LogP contribution in [0.4, 0.5) is 0 Å². The Kier molecular flexibility index (Phi) is 54.5. The van der Waals surface area contributed by atoms with E-state index in [9.17, 15) is 9.90 Å². The van der Waals surface area contributed by atoms with Gasteiger partial charge in [-0.15, -0.1) is 0 Å². The SMILES string of the molecule is CCCCCCC/C=C\C/C=C\C/C=C\CCCCCCCCCCCCC(=O)OC(CO)COCCCCCCCCCCCCCCCCCCCCCCCCCCC. The van der Waals surface area contributed by atoms with Crippen molar-refractivity contribution in [3.63, 3.8) is 0 Å². The normalized spacial score (nSPS) is 12.5. The second-order valence-corrected chi connectivity index (χ2v) is 19.0. The van der Waals surface area contributed by atoms with Crippen molar-refractivity contribution in [3.8, 4) is 0 Å². The molecule has 1 atom stereocenters. The molecule has 0 amide bonds. The minimum atomic E-state index is -0.535. The molecule has 0 spiro atoms. The molecule has 0 bridgehead atoms. The molecular weight excluding hydrogens is 761 g/mol. The van der Waals surface area contributed by atoms with Gasteiger partial charge >= 0.3 is 5.97 Å². The summed E-state index contributed by atoms with van der Waals surface area (Å²) in [5, 5.41) is 9.67. The fourth-order valence-corrected chi connectivity index (χ4v) is 8.52. The molecule has 0 saturated carbocycles. The fourth-order valence-electron chi connectivity index (χ4n) is 8.52. The van der Waals surface area contributed by atoms with Crippen LogP contribution < -0.4 is 0 Å². The number of carbonyl (C=O) groups excluding carboxylic acids is 1. The summed E-state index contributed by atoms with van der Waals surface area (Å²) in [4.78, 5) is 12.3. The first kappa shape index (κ1) is 60.6. The van der Waals surface area contributed by atoms with E-state index in [-0.39, 0.29) is 12.6 Å². The summed E-state index contributed by atoms with van der Waals surface area (Å²) < 4.78 is 11.2. The Hall–Kier alpha value is -1.39. The number of carbonyl (C=O) groups is 1. The van der Waals surface area contributed by atoms with Crippen molar-refractivity contribution < 1.29 is 19.4 Å². The lowest BCUT2D eigenvalue weighted by atomic mass is 10.0. The van der Waals surface area contributed by atoms with Crippen LogP contribution in [-0.2, 0) is 14.3 Å². The summed E-state index contributed by atoms with van der Waals surface area (Å²) in [6.07, 6.45) is 72.6. The van der Waals surface area contributed by atoms with Crippen LogP contribution in [0.1, 0.15) is 303 Å². The average Bonchev–Trinajstić information content (AvgIpc) is 3.28. The van der Waals surface area contributed by atoms with Gasteiger partial charge in [0, 0.05) is 13.0 Å². The third-order valence-electron chi connectivity index (χ3n) is 12.7. The first-order valence-corrected chi connectivity index (χ1v) is 28.1. The fraction of sp³-hybridized carbons (Fsp3) is 0.879. The lowest BCUT2D eigenvalue weighted by Gasteiger charge is -2.16. The van der Waals surface area contributed by atoms with Gasteiger partial charge in [0.25, 0.3) is 0 Å². The second kappa shape index (κ2) is 55.7. The van der Waals surface area contributed by atoms with Gasteiger partial charge in [-0.3, -0.25) is 4.79 Å². The van der Waals surface area contributed by atoms with Gasteiger partial charge in [-0.25, -0.2) is 0 Å². The van der Waals surface area contributed by atoms with Crippen molar-refractivity contribution in [1.29, 1.82) is 0 Å². The first-order chi connectivity index (χ1) is 30.7. The molecule has 0 aliphatic heterocycles. The third-order valence-corrected chi connectivity index (χ3v) is 12.7. The van der Waals surface area contributed by atoms with E-state index >= 15 is 0 Å². The van der Waals surface area contributed by atoms with E-state index in [2.05, 4.69) is 50.3 Å². The third kappa shape index (κ3) is 53.0. The summed E-state index contributed by atoms with van der Waals surface area (Å²) in [6, 6.07) is 0. The molecule has 366 valence electrons. The van der Waals surface area contributed by atoms with Gasteiger partial charge in [0.05, 0.1) is 13.2 Å². The van der Waals surface area contributed by atoms with Crippen LogP contribution in [0, 0.1) is 0 Å². The molecule has 4 nitrogen and oxygen atoms in total. The van der Waals surface area contributed by atoms with Gasteiger partial charge < -0.3 is 14.6 Å². The number of ether oxygens (including phenoxy) is 2. The van der Waals surface area contributed by atoms with Crippen molar-refractivity contribution in [1.82, 2.24) is 0 Å². The molecule has 0 rings (SSSR count).